The quantitative estimate of drug-likeness (QED) is 0.233. The van der Waals surface area contributed by atoms with E-state index in [1.807, 2.05) is 0 Å². The fourth-order valence-corrected chi connectivity index (χ4v) is 5.48. The van der Waals surface area contributed by atoms with E-state index in [4.69, 9.17) is 9.47 Å². The van der Waals surface area contributed by atoms with E-state index in [2.05, 4.69) is 10.3 Å². The number of nitrogens with zero attached hydrogens (tertiary/aromatic N) is 2. The maximum Gasteiger partial charge on any atom is 0.422 e. The number of ether oxygens (including phenoxy) is 2. The summed E-state index contributed by atoms with van der Waals surface area (Å²) in [6, 6.07) is 9.48. The first-order valence-corrected chi connectivity index (χ1v) is 14.1. The topological polar surface area (TPSA) is 101 Å². The second-order valence-electron chi connectivity index (χ2n) is 11.8. The highest BCUT2D eigenvalue weighted by Crippen LogP contribution is 2.49. The summed E-state index contributed by atoms with van der Waals surface area (Å²) in [7, 11) is 1.39. The van der Waals surface area contributed by atoms with Gasteiger partial charge in [0.2, 0.25) is 5.60 Å². The number of Topliss-reactive ketones (excluding diaryl/α,β-unsaturated/α-hetero) is 1. The highest BCUT2D eigenvalue weighted by Gasteiger charge is 2.56. The Labute approximate surface area is 252 Å². The number of aliphatic hydroxyl groups is 1. The number of hydrogen-bond donors (Lipinski definition) is 2. The van der Waals surface area contributed by atoms with Crippen molar-refractivity contribution >= 4 is 11.8 Å². The van der Waals surface area contributed by atoms with Gasteiger partial charge in [0.1, 0.15) is 23.0 Å². The molecule has 2 aromatic carbocycles. The van der Waals surface area contributed by atoms with Crippen molar-refractivity contribution < 1.29 is 41.7 Å². The zero-order valence-electron chi connectivity index (χ0n) is 24.8. The molecule has 1 aromatic heterocycles. The van der Waals surface area contributed by atoms with E-state index in [9.17, 15) is 32.3 Å². The molecule has 3 heterocycles. The summed E-state index contributed by atoms with van der Waals surface area (Å²) < 4.78 is 69.4. The number of halogens is 4. The van der Waals surface area contributed by atoms with Crippen LogP contribution in [-0.2, 0) is 17.6 Å². The lowest BCUT2D eigenvalue weighted by Gasteiger charge is -2.31. The minimum absolute atomic E-state index is 0.0483. The van der Waals surface area contributed by atoms with E-state index in [0.717, 1.165) is 0 Å². The molecule has 2 N–H and O–H groups in total. The Morgan fingerprint density at radius 3 is 2.57 bits per heavy atom. The lowest BCUT2D eigenvalue weighted by molar-refractivity contribution is -0.270. The van der Waals surface area contributed by atoms with Crippen molar-refractivity contribution in [2.24, 2.45) is 0 Å². The molecule has 3 aromatic rings. The van der Waals surface area contributed by atoms with Gasteiger partial charge in [-0.2, -0.15) is 13.2 Å². The molecule has 1 fully saturated rings. The molecule has 5 rings (SSSR count). The minimum Gasteiger partial charge on any atom is -0.496 e. The molecule has 0 spiro atoms. The van der Waals surface area contributed by atoms with Gasteiger partial charge in [0, 0.05) is 47.2 Å². The van der Waals surface area contributed by atoms with Crippen molar-refractivity contribution in [3.05, 3.63) is 76.2 Å². The van der Waals surface area contributed by atoms with Crippen molar-refractivity contribution in [3.63, 3.8) is 0 Å². The smallest absolute Gasteiger partial charge is 0.422 e. The van der Waals surface area contributed by atoms with Gasteiger partial charge in [-0.3, -0.25) is 4.79 Å². The van der Waals surface area contributed by atoms with Gasteiger partial charge in [0.25, 0.3) is 0 Å². The van der Waals surface area contributed by atoms with Gasteiger partial charge in [-0.05, 0) is 49.2 Å². The summed E-state index contributed by atoms with van der Waals surface area (Å²) in [6.07, 6.45) is -6.84. The van der Waals surface area contributed by atoms with Crippen LogP contribution in [0.25, 0.3) is 11.3 Å². The predicted octanol–water partition coefficient (Wildman–Crippen LogP) is 5.81. The Morgan fingerprint density at radius 2 is 1.93 bits per heavy atom. The van der Waals surface area contributed by atoms with E-state index >= 15 is 0 Å². The number of methoxy groups -OCH3 is 1. The van der Waals surface area contributed by atoms with Gasteiger partial charge in [-0.25, -0.2) is 14.2 Å². The molecule has 12 heteroatoms. The van der Waals surface area contributed by atoms with Gasteiger partial charge in [-0.15, -0.1) is 0 Å². The molecular formula is C32H33F4N3O5. The van der Waals surface area contributed by atoms with Crippen LogP contribution < -0.4 is 14.8 Å². The zero-order valence-corrected chi connectivity index (χ0v) is 24.8. The standard InChI is InChI=1S/C32H33F4N3O5/c1-18-13-20(7-8-23(18)33)27-28-22(30(2,3)17-44-28)15-26(38-27)31(42,32(34,35)36)10-9-24(40)19-5-6-21(25(14-19)43-4)16-39-12-11-37-29(39)41/h5-8,13-15,42H,9-12,16-17H2,1-4H3,(H,37,41). The molecule has 1 saturated heterocycles. The average molecular weight is 616 g/mol. The first kappa shape index (κ1) is 31.2. The Kier molecular flexibility index (Phi) is 8.08. The van der Waals surface area contributed by atoms with Crippen molar-refractivity contribution in [2.45, 2.75) is 57.3 Å². The lowest BCUT2D eigenvalue weighted by atomic mass is 9.83. The third-order valence-corrected chi connectivity index (χ3v) is 8.23. The maximum absolute atomic E-state index is 14.7. The summed E-state index contributed by atoms with van der Waals surface area (Å²) in [5.41, 5.74) is -3.07. The summed E-state index contributed by atoms with van der Waals surface area (Å²) in [5, 5.41) is 14.0. The Bertz CT molecular complexity index is 1620. The number of urea groups is 1. The van der Waals surface area contributed by atoms with Crippen LogP contribution in [0.15, 0.2) is 42.5 Å². The molecule has 1 atom stereocenters. The van der Waals surface area contributed by atoms with E-state index in [1.54, 1.807) is 24.8 Å². The van der Waals surface area contributed by atoms with Gasteiger partial charge >= 0.3 is 12.2 Å². The Morgan fingerprint density at radius 1 is 1.18 bits per heavy atom. The fourth-order valence-electron chi connectivity index (χ4n) is 5.48. The van der Waals surface area contributed by atoms with Crippen LogP contribution in [0.2, 0.25) is 0 Å². The van der Waals surface area contributed by atoms with Crippen LogP contribution in [-0.4, -0.2) is 59.8 Å². The van der Waals surface area contributed by atoms with Gasteiger partial charge < -0.3 is 24.8 Å². The minimum atomic E-state index is -5.19. The number of aromatic nitrogens is 1. The summed E-state index contributed by atoms with van der Waals surface area (Å²) in [6.45, 7) is 6.53. The van der Waals surface area contributed by atoms with E-state index in [1.165, 1.54) is 50.4 Å². The maximum atomic E-state index is 14.7. The average Bonchev–Trinajstić information content (AvgIpc) is 3.53. The number of rotatable bonds is 9. The van der Waals surface area contributed by atoms with Crippen LogP contribution in [0.4, 0.5) is 22.4 Å². The number of fused-ring (bicyclic) bond motifs is 1. The van der Waals surface area contributed by atoms with Crippen LogP contribution in [0.3, 0.4) is 0 Å². The number of ketones is 1. The largest absolute Gasteiger partial charge is 0.496 e. The van der Waals surface area contributed by atoms with Crippen molar-refractivity contribution in [1.82, 2.24) is 15.2 Å². The van der Waals surface area contributed by atoms with Gasteiger partial charge in [0.05, 0.1) is 26.0 Å². The highest BCUT2D eigenvalue weighted by molar-refractivity contribution is 5.96. The highest BCUT2D eigenvalue weighted by atomic mass is 19.4. The molecule has 0 radical (unpaired) electrons. The SMILES string of the molecule is COc1cc(C(=O)CCC(O)(c2cc3c(c(-c4ccc(F)c(C)c4)n2)OCC3(C)C)C(F)(F)F)ccc1CN1CCNC1=O. The first-order valence-electron chi connectivity index (χ1n) is 14.1. The molecule has 2 aliphatic rings. The molecule has 2 amide bonds. The predicted molar refractivity (Wildman–Crippen MR) is 153 cm³/mol. The van der Waals surface area contributed by atoms with E-state index in [0.29, 0.717) is 35.5 Å². The number of benzene rings is 2. The summed E-state index contributed by atoms with van der Waals surface area (Å²) in [4.78, 5) is 30.9. The molecule has 0 bridgehead atoms. The number of carbonyl (C=O) groups excluding carboxylic acids is 2. The first-order chi connectivity index (χ1) is 20.6. The second kappa shape index (κ2) is 11.4. The van der Waals surface area contributed by atoms with Crippen molar-refractivity contribution in [1.29, 1.82) is 0 Å². The van der Waals surface area contributed by atoms with Crippen LogP contribution in [0.5, 0.6) is 11.5 Å². The van der Waals surface area contributed by atoms with Gasteiger partial charge in [0.15, 0.2) is 5.78 Å². The van der Waals surface area contributed by atoms with E-state index in [-0.39, 0.29) is 41.8 Å². The molecular weight excluding hydrogens is 582 g/mol. The Balaban J connectivity index is 1.47. The molecule has 8 nitrogen and oxygen atoms in total. The number of alkyl halides is 3. The monoisotopic (exact) mass is 615 g/mol. The number of hydrogen-bond acceptors (Lipinski definition) is 6. The second-order valence-corrected chi connectivity index (χ2v) is 11.8. The van der Waals surface area contributed by atoms with E-state index < -0.39 is 47.3 Å². The Hall–Kier alpha value is -4.19. The zero-order chi connectivity index (χ0) is 32.0. The number of amides is 2. The number of pyridine rings is 1. The van der Waals surface area contributed by atoms with Crippen molar-refractivity contribution in [2.75, 3.05) is 26.8 Å². The normalized spacial score (nSPS) is 17.1. The molecule has 234 valence electrons. The number of carbonyl (C=O) groups is 2. The molecule has 44 heavy (non-hydrogen) atoms. The van der Waals surface area contributed by atoms with Crippen LogP contribution in [0, 0.1) is 12.7 Å². The van der Waals surface area contributed by atoms with Gasteiger partial charge in [-0.1, -0.05) is 26.0 Å². The molecule has 2 aliphatic heterocycles. The third kappa shape index (κ3) is 5.70. The number of aryl methyl sites for hydroxylation is 1. The fraction of sp³-hybridized carbons (Fsp3) is 0.406. The summed E-state index contributed by atoms with van der Waals surface area (Å²) >= 11 is 0. The number of nitrogens with one attached hydrogen (secondary N) is 1. The van der Waals surface area contributed by atoms with Crippen LogP contribution >= 0.6 is 0 Å². The van der Waals surface area contributed by atoms with Crippen LogP contribution in [0.1, 0.15) is 59.4 Å². The lowest BCUT2D eigenvalue weighted by Crippen LogP contribution is -2.43. The molecule has 0 aliphatic carbocycles. The third-order valence-electron chi connectivity index (χ3n) is 8.23. The molecule has 1 unspecified atom stereocenters. The summed E-state index contributed by atoms with van der Waals surface area (Å²) in [5.74, 6) is -0.553. The van der Waals surface area contributed by atoms with Crippen molar-refractivity contribution in [3.8, 4) is 22.8 Å². The molecule has 0 saturated carbocycles.